The number of anilines is 1. The van der Waals surface area contributed by atoms with Crippen LogP contribution in [0.15, 0.2) is 48.8 Å². The third kappa shape index (κ3) is 2.47. The Labute approximate surface area is 139 Å². The van der Waals surface area contributed by atoms with Crippen LogP contribution < -0.4 is 10.5 Å². The van der Waals surface area contributed by atoms with E-state index in [1.165, 1.54) is 16.9 Å². The van der Waals surface area contributed by atoms with E-state index in [4.69, 9.17) is 10.5 Å². The predicted octanol–water partition coefficient (Wildman–Crippen LogP) is 3.88. The lowest BCUT2D eigenvalue weighted by Gasteiger charge is -2.16. The first-order chi connectivity index (χ1) is 11.2. The zero-order chi connectivity index (χ0) is 15.9. The summed E-state index contributed by atoms with van der Waals surface area (Å²) in [6.07, 6.45) is 5.96. The molecule has 3 aromatic rings. The van der Waals surface area contributed by atoms with Gasteiger partial charge in [0.1, 0.15) is 5.75 Å². The minimum Gasteiger partial charge on any atom is -0.497 e. The summed E-state index contributed by atoms with van der Waals surface area (Å²) in [5.74, 6) is 0.881. The Morgan fingerprint density at radius 1 is 1.13 bits per heavy atom. The third-order valence-corrected chi connectivity index (χ3v) is 5.33. The Bertz CT molecular complexity index is 837. The second-order valence-corrected chi connectivity index (χ2v) is 6.87. The molecule has 0 saturated heterocycles. The predicted molar refractivity (Wildman–Crippen MR) is 92.8 cm³/mol. The summed E-state index contributed by atoms with van der Waals surface area (Å²) in [7, 11) is 1.69. The number of rotatable bonds is 4. The second kappa shape index (κ2) is 5.35. The Kier molecular flexibility index (Phi) is 3.31. The molecule has 1 aromatic carbocycles. The molecule has 0 amide bonds. The van der Waals surface area contributed by atoms with Crippen molar-refractivity contribution in [2.24, 2.45) is 0 Å². The quantitative estimate of drug-likeness (QED) is 0.791. The van der Waals surface area contributed by atoms with Gasteiger partial charge in [-0.3, -0.25) is 4.98 Å². The summed E-state index contributed by atoms with van der Waals surface area (Å²) in [5.41, 5.74) is 9.33. The molecule has 0 unspecified atom stereocenters. The van der Waals surface area contributed by atoms with Crippen molar-refractivity contribution in [3.8, 4) is 16.2 Å². The number of ether oxygens (including phenoxy) is 1. The Hall–Kier alpha value is -2.40. The number of nitrogen functional groups attached to an aromatic ring is 1. The van der Waals surface area contributed by atoms with Crippen molar-refractivity contribution in [3.05, 3.63) is 60.0 Å². The van der Waals surface area contributed by atoms with Crippen LogP contribution in [0.1, 0.15) is 24.1 Å². The number of hydrogen-bond acceptors (Lipinski definition) is 5. The van der Waals surface area contributed by atoms with Crippen LogP contribution in [-0.4, -0.2) is 17.1 Å². The van der Waals surface area contributed by atoms with Gasteiger partial charge in [-0.2, -0.15) is 0 Å². The fourth-order valence-corrected chi connectivity index (χ4v) is 3.68. The van der Waals surface area contributed by atoms with E-state index < -0.39 is 0 Å². The summed E-state index contributed by atoms with van der Waals surface area (Å²) < 4.78 is 5.25. The van der Waals surface area contributed by atoms with Crippen molar-refractivity contribution >= 4 is 16.5 Å². The molecule has 4 nitrogen and oxygen atoms in total. The van der Waals surface area contributed by atoms with E-state index in [1.807, 2.05) is 30.6 Å². The summed E-state index contributed by atoms with van der Waals surface area (Å²) in [5, 5.41) is 0.592. The molecule has 2 heterocycles. The number of benzene rings is 1. The van der Waals surface area contributed by atoms with Crippen molar-refractivity contribution in [1.29, 1.82) is 0 Å². The highest BCUT2D eigenvalue weighted by Gasteiger charge is 2.47. The molecule has 116 valence electrons. The normalized spacial score (nSPS) is 15.3. The molecule has 0 atom stereocenters. The Morgan fingerprint density at radius 2 is 1.91 bits per heavy atom. The number of thiazole rings is 1. The van der Waals surface area contributed by atoms with Gasteiger partial charge < -0.3 is 10.5 Å². The number of hydrogen-bond donors (Lipinski definition) is 1. The van der Waals surface area contributed by atoms with Crippen LogP contribution in [0, 0.1) is 0 Å². The van der Waals surface area contributed by atoms with Crippen LogP contribution in [0.4, 0.5) is 5.13 Å². The standard InChI is InChI=1S/C18H17N3OS/c1-22-14-4-2-13(3-5-14)18(7-8-18)16-10-12(6-9-20-16)15-11-21-17(19)23-15/h2-6,9-11H,7-8H2,1H3,(H2,19,21). The van der Waals surface area contributed by atoms with E-state index in [0.717, 1.165) is 34.7 Å². The molecular weight excluding hydrogens is 306 g/mol. The molecule has 0 spiro atoms. The summed E-state index contributed by atoms with van der Waals surface area (Å²) in [6, 6.07) is 12.5. The van der Waals surface area contributed by atoms with Gasteiger partial charge in [-0.15, -0.1) is 0 Å². The molecule has 2 aromatic heterocycles. The highest BCUT2D eigenvalue weighted by Crippen LogP contribution is 2.53. The molecule has 0 aliphatic heterocycles. The third-order valence-electron chi connectivity index (χ3n) is 4.45. The van der Waals surface area contributed by atoms with Crippen LogP contribution in [-0.2, 0) is 5.41 Å². The topological polar surface area (TPSA) is 61.0 Å². The van der Waals surface area contributed by atoms with E-state index in [1.54, 1.807) is 7.11 Å². The van der Waals surface area contributed by atoms with Crippen LogP contribution in [0.3, 0.4) is 0 Å². The molecule has 5 heteroatoms. The van der Waals surface area contributed by atoms with Gasteiger partial charge in [0.25, 0.3) is 0 Å². The molecule has 0 bridgehead atoms. The molecule has 1 aliphatic carbocycles. The molecule has 1 saturated carbocycles. The first-order valence-electron chi connectivity index (χ1n) is 7.54. The van der Waals surface area contributed by atoms with E-state index in [9.17, 15) is 0 Å². The molecular formula is C18H17N3OS. The van der Waals surface area contributed by atoms with Crippen LogP contribution in [0.2, 0.25) is 0 Å². The van der Waals surface area contributed by atoms with Crippen LogP contribution in [0.25, 0.3) is 10.4 Å². The largest absolute Gasteiger partial charge is 0.497 e. The van der Waals surface area contributed by atoms with E-state index in [2.05, 4.69) is 28.2 Å². The molecule has 23 heavy (non-hydrogen) atoms. The maximum Gasteiger partial charge on any atom is 0.180 e. The number of pyridine rings is 1. The highest BCUT2D eigenvalue weighted by atomic mass is 32.1. The molecule has 1 fully saturated rings. The van der Waals surface area contributed by atoms with Gasteiger partial charge in [-0.25, -0.2) is 4.98 Å². The molecule has 4 rings (SSSR count). The van der Waals surface area contributed by atoms with Gasteiger partial charge in [0.15, 0.2) is 5.13 Å². The molecule has 2 N–H and O–H groups in total. The van der Waals surface area contributed by atoms with Crippen molar-refractivity contribution in [3.63, 3.8) is 0 Å². The maximum atomic E-state index is 5.75. The van der Waals surface area contributed by atoms with Crippen LogP contribution >= 0.6 is 11.3 Å². The first-order valence-corrected chi connectivity index (χ1v) is 8.36. The van der Waals surface area contributed by atoms with Crippen molar-refractivity contribution in [2.45, 2.75) is 18.3 Å². The average molecular weight is 323 g/mol. The number of methoxy groups -OCH3 is 1. The summed E-state index contributed by atoms with van der Waals surface area (Å²) >= 11 is 1.50. The molecule has 1 aliphatic rings. The lowest BCUT2D eigenvalue weighted by atomic mass is 9.91. The van der Waals surface area contributed by atoms with E-state index in [0.29, 0.717) is 5.13 Å². The Balaban J connectivity index is 1.72. The first kappa shape index (κ1) is 14.2. The summed E-state index contributed by atoms with van der Waals surface area (Å²) in [6.45, 7) is 0. The fourth-order valence-electron chi connectivity index (χ4n) is 2.99. The average Bonchev–Trinajstić information content (AvgIpc) is 3.30. The number of nitrogens with zero attached hydrogens (tertiary/aromatic N) is 2. The van der Waals surface area contributed by atoms with Gasteiger partial charge >= 0.3 is 0 Å². The lowest BCUT2D eigenvalue weighted by molar-refractivity contribution is 0.414. The molecule has 0 radical (unpaired) electrons. The minimum atomic E-state index is 0.0402. The smallest absolute Gasteiger partial charge is 0.180 e. The Morgan fingerprint density at radius 3 is 2.52 bits per heavy atom. The highest BCUT2D eigenvalue weighted by molar-refractivity contribution is 7.18. The number of aromatic nitrogens is 2. The summed E-state index contributed by atoms with van der Waals surface area (Å²) in [4.78, 5) is 9.87. The zero-order valence-electron chi connectivity index (χ0n) is 12.8. The zero-order valence-corrected chi connectivity index (χ0v) is 13.6. The van der Waals surface area contributed by atoms with Gasteiger partial charge in [-0.05, 0) is 48.2 Å². The lowest BCUT2D eigenvalue weighted by Crippen LogP contribution is -2.10. The fraction of sp³-hybridized carbons (Fsp3) is 0.222. The van der Waals surface area contributed by atoms with E-state index in [-0.39, 0.29) is 5.41 Å². The van der Waals surface area contributed by atoms with Crippen molar-refractivity contribution in [1.82, 2.24) is 9.97 Å². The second-order valence-electron chi connectivity index (χ2n) is 5.80. The monoisotopic (exact) mass is 323 g/mol. The van der Waals surface area contributed by atoms with Crippen molar-refractivity contribution < 1.29 is 4.74 Å². The minimum absolute atomic E-state index is 0.0402. The number of nitrogens with two attached hydrogens (primary N) is 1. The van der Waals surface area contributed by atoms with Crippen LogP contribution in [0.5, 0.6) is 5.75 Å². The van der Waals surface area contributed by atoms with Gasteiger partial charge in [-0.1, -0.05) is 23.5 Å². The van der Waals surface area contributed by atoms with E-state index >= 15 is 0 Å². The maximum absolute atomic E-state index is 5.75. The van der Waals surface area contributed by atoms with Gasteiger partial charge in [0.05, 0.1) is 17.7 Å². The van der Waals surface area contributed by atoms with Crippen molar-refractivity contribution in [2.75, 3.05) is 12.8 Å². The van der Waals surface area contributed by atoms with Gasteiger partial charge in [0.2, 0.25) is 0 Å². The SMILES string of the molecule is COc1ccc(C2(c3cc(-c4cnc(N)s4)ccn3)CC2)cc1. The van der Waals surface area contributed by atoms with Gasteiger partial charge in [0, 0.05) is 17.8 Å².